The standard InChI is InChI=1S/C10H11BrO2/c1-8(12)13-10-5-3-2-4-9(10)6-7-11/h2-5H,6-7H2,1H3. The lowest BCUT2D eigenvalue weighted by atomic mass is 10.1. The molecule has 1 rings (SSSR count). The van der Waals surface area contributed by atoms with Crippen molar-refractivity contribution in [3.05, 3.63) is 29.8 Å². The van der Waals surface area contributed by atoms with E-state index in [2.05, 4.69) is 15.9 Å². The van der Waals surface area contributed by atoms with E-state index in [9.17, 15) is 4.79 Å². The highest BCUT2D eigenvalue weighted by molar-refractivity contribution is 9.09. The Morgan fingerprint density at radius 3 is 2.77 bits per heavy atom. The van der Waals surface area contributed by atoms with Crippen LogP contribution in [0.5, 0.6) is 5.75 Å². The number of para-hydroxylation sites is 1. The van der Waals surface area contributed by atoms with Crippen molar-refractivity contribution < 1.29 is 9.53 Å². The van der Waals surface area contributed by atoms with Crippen LogP contribution in [-0.2, 0) is 11.2 Å². The number of rotatable bonds is 3. The fourth-order valence-corrected chi connectivity index (χ4v) is 1.49. The summed E-state index contributed by atoms with van der Waals surface area (Å²) >= 11 is 3.35. The number of halogens is 1. The van der Waals surface area contributed by atoms with Crippen molar-refractivity contribution in [1.82, 2.24) is 0 Å². The first-order chi connectivity index (χ1) is 6.24. The number of aryl methyl sites for hydroxylation is 1. The molecular weight excluding hydrogens is 232 g/mol. The maximum absolute atomic E-state index is 10.7. The number of alkyl halides is 1. The Bertz CT molecular complexity index is 297. The molecule has 70 valence electrons. The molecule has 0 spiro atoms. The van der Waals surface area contributed by atoms with Crippen LogP contribution in [0.25, 0.3) is 0 Å². The minimum atomic E-state index is -0.276. The molecular formula is C10H11BrO2. The van der Waals surface area contributed by atoms with E-state index in [0.717, 1.165) is 17.3 Å². The minimum absolute atomic E-state index is 0.276. The van der Waals surface area contributed by atoms with Crippen molar-refractivity contribution in [2.45, 2.75) is 13.3 Å². The average Bonchev–Trinajstić information content (AvgIpc) is 2.08. The molecule has 0 bridgehead atoms. The van der Waals surface area contributed by atoms with Gasteiger partial charge in [-0.15, -0.1) is 0 Å². The highest BCUT2D eigenvalue weighted by Crippen LogP contribution is 2.18. The number of hydrogen-bond donors (Lipinski definition) is 0. The molecule has 0 aliphatic heterocycles. The number of carbonyl (C=O) groups is 1. The smallest absolute Gasteiger partial charge is 0.308 e. The van der Waals surface area contributed by atoms with Crippen LogP contribution in [-0.4, -0.2) is 11.3 Å². The molecule has 0 saturated heterocycles. The van der Waals surface area contributed by atoms with Crippen molar-refractivity contribution >= 4 is 21.9 Å². The van der Waals surface area contributed by atoms with Crippen LogP contribution in [0, 0.1) is 0 Å². The number of carbonyl (C=O) groups excluding carboxylic acids is 1. The van der Waals surface area contributed by atoms with Gasteiger partial charge in [0.05, 0.1) is 0 Å². The van der Waals surface area contributed by atoms with Crippen molar-refractivity contribution in [2.75, 3.05) is 5.33 Å². The van der Waals surface area contributed by atoms with Crippen molar-refractivity contribution in [2.24, 2.45) is 0 Å². The molecule has 0 fully saturated rings. The largest absolute Gasteiger partial charge is 0.426 e. The van der Waals surface area contributed by atoms with E-state index in [-0.39, 0.29) is 5.97 Å². The molecule has 0 heterocycles. The molecule has 0 aliphatic rings. The highest BCUT2D eigenvalue weighted by atomic mass is 79.9. The van der Waals surface area contributed by atoms with Crippen LogP contribution in [0.1, 0.15) is 12.5 Å². The van der Waals surface area contributed by atoms with Gasteiger partial charge in [-0.2, -0.15) is 0 Å². The monoisotopic (exact) mass is 242 g/mol. The van der Waals surface area contributed by atoms with Crippen LogP contribution in [0.2, 0.25) is 0 Å². The zero-order chi connectivity index (χ0) is 9.68. The normalized spacial score (nSPS) is 9.69. The zero-order valence-electron chi connectivity index (χ0n) is 7.42. The molecule has 0 amide bonds. The molecule has 13 heavy (non-hydrogen) atoms. The maximum Gasteiger partial charge on any atom is 0.308 e. The van der Waals surface area contributed by atoms with E-state index >= 15 is 0 Å². The molecule has 1 aromatic rings. The summed E-state index contributed by atoms with van der Waals surface area (Å²) in [4.78, 5) is 10.7. The summed E-state index contributed by atoms with van der Waals surface area (Å²) in [5.41, 5.74) is 1.05. The molecule has 0 aromatic heterocycles. The fourth-order valence-electron chi connectivity index (χ4n) is 1.07. The lowest BCUT2D eigenvalue weighted by Gasteiger charge is -2.06. The second-order valence-corrected chi connectivity index (χ2v) is 3.43. The SMILES string of the molecule is CC(=O)Oc1ccccc1CCBr. The van der Waals surface area contributed by atoms with Gasteiger partial charge in [-0.3, -0.25) is 4.79 Å². The average molecular weight is 243 g/mol. The van der Waals surface area contributed by atoms with E-state index in [1.54, 1.807) is 6.07 Å². The molecule has 0 saturated carbocycles. The molecule has 3 heteroatoms. The predicted molar refractivity (Wildman–Crippen MR) is 55.2 cm³/mol. The molecule has 0 atom stereocenters. The first kappa shape index (κ1) is 10.3. The third kappa shape index (κ3) is 3.19. The zero-order valence-corrected chi connectivity index (χ0v) is 9.00. The number of ether oxygens (including phenoxy) is 1. The topological polar surface area (TPSA) is 26.3 Å². The first-order valence-corrected chi connectivity index (χ1v) is 5.18. The Kier molecular flexibility index (Phi) is 3.96. The highest BCUT2D eigenvalue weighted by Gasteiger charge is 2.03. The van der Waals surface area contributed by atoms with Gasteiger partial charge in [0.15, 0.2) is 0 Å². The van der Waals surface area contributed by atoms with E-state index in [1.807, 2.05) is 18.2 Å². The van der Waals surface area contributed by atoms with Gasteiger partial charge in [-0.25, -0.2) is 0 Å². The minimum Gasteiger partial charge on any atom is -0.426 e. The lowest BCUT2D eigenvalue weighted by molar-refractivity contribution is -0.131. The van der Waals surface area contributed by atoms with E-state index in [0.29, 0.717) is 5.75 Å². The van der Waals surface area contributed by atoms with Crippen LogP contribution < -0.4 is 4.74 Å². The van der Waals surface area contributed by atoms with E-state index < -0.39 is 0 Å². The van der Waals surface area contributed by atoms with Gasteiger partial charge < -0.3 is 4.74 Å². The summed E-state index contributed by atoms with van der Waals surface area (Å²) in [7, 11) is 0. The Labute approximate surface area is 86.0 Å². The third-order valence-electron chi connectivity index (χ3n) is 1.59. The quantitative estimate of drug-likeness (QED) is 0.463. The predicted octanol–water partition coefficient (Wildman–Crippen LogP) is 2.55. The van der Waals surface area contributed by atoms with Crippen LogP contribution >= 0.6 is 15.9 Å². The van der Waals surface area contributed by atoms with Gasteiger partial charge in [0.1, 0.15) is 5.75 Å². The Morgan fingerprint density at radius 1 is 1.46 bits per heavy atom. The van der Waals surface area contributed by atoms with Gasteiger partial charge >= 0.3 is 5.97 Å². The van der Waals surface area contributed by atoms with E-state index in [4.69, 9.17) is 4.74 Å². The van der Waals surface area contributed by atoms with Crippen LogP contribution in [0.4, 0.5) is 0 Å². The van der Waals surface area contributed by atoms with Crippen LogP contribution in [0.15, 0.2) is 24.3 Å². The van der Waals surface area contributed by atoms with Crippen molar-refractivity contribution in [3.63, 3.8) is 0 Å². The molecule has 1 aromatic carbocycles. The van der Waals surface area contributed by atoms with Gasteiger partial charge in [0, 0.05) is 12.3 Å². The number of benzene rings is 1. The summed E-state index contributed by atoms with van der Waals surface area (Å²) in [5, 5.41) is 0.866. The second-order valence-electron chi connectivity index (χ2n) is 2.64. The summed E-state index contributed by atoms with van der Waals surface area (Å²) in [6.07, 6.45) is 0.865. The van der Waals surface area contributed by atoms with Gasteiger partial charge in [0.2, 0.25) is 0 Å². The summed E-state index contributed by atoms with van der Waals surface area (Å²) in [6, 6.07) is 7.56. The van der Waals surface area contributed by atoms with E-state index in [1.165, 1.54) is 6.92 Å². The maximum atomic E-state index is 10.7. The van der Waals surface area contributed by atoms with Gasteiger partial charge in [-0.05, 0) is 18.1 Å². The van der Waals surface area contributed by atoms with Gasteiger partial charge in [0.25, 0.3) is 0 Å². The fraction of sp³-hybridized carbons (Fsp3) is 0.300. The number of hydrogen-bond acceptors (Lipinski definition) is 2. The third-order valence-corrected chi connectivity index (χ3v) is 1.99. The summed E-state index contributed by atoms with van der Waals surface area (Å²) in [6.45, 7) is 1.41. The van der Waals surface area contributed by atoms with Crippen molar-refractivity contribution in [3.8, 4) is 5.75 Å². The molecule has 2 nitrogen and oxygen atoms in total. The number of esters is 1. The first-order valence-electron chi connectivity index (χ1n) is 4.06. The Balaban J connectivity index is 2.84. The Hall–Kier alpha value is -0.830. The summed E-state index contributed by atoms with van der Waals surface area (Å²) in [5.74, 6) is 0.386. The molecule has 0 N–H and O–H groups in total. The molecule has 0 radical (unpaired) electrons. The van der Waals surface area contributed by atoms with Crippen LogP contribution in [0.3, 0.4) is 0 Å². The molecule has 0 unspecified atom stereocenters. The van der Waals surface area contributed by atoms with Gasteiger partial charge in [-0.1, -0.05) is 34.1 Å². The molecule has 0 aliphatic carbocycles. The second kappa shape index (κ2) is 5.02. The summed E-state index contributed by atoms with van der Waals surface area (Å²) < 4.78 is 5.04. The van der Waals surface area contributed by atoms with Crippen molar-refractivity contribution in [1.29, 1.82) is 0 Å². The lowest BCUT2D eigenvalue weighted by Crippen LogP contribution is -2.04. The Morgan fingerprint density at radius 2 is 2.15 bits per heavy atom.